The topological polar surface area (TPSA) is 136 Å². The number of fused-ring (bicyclic) bond motifs is 3. The maximum absolute atomic E-state index is 11.2. The molecule has 6 N–H and O–H groups in total. The van der Waals surface area contributed by atoms with Crippen molar-refractivity contribution < 1.29 is 10.2 Å². The maximum atomic E-state index is 11.2. The second kappa shape index (κ2) is 7.12. The Morgan fingerprint density at radius 3 is 2.82 bits per heavy atom. The average Bonchev–Trinajstić information content (AvgIpc) is 3.31. The third-order valence-corrected chi connectivity index (χ3v) is 8.56. The van der Waals surface area contributed by atoms with Gasteiger partial charge in [0.15, 0.2) is 0 Å². The summed E-state index contributed by atoms with van der Waals surface area (Å²) in [6, 6.07) is 9.82. The molecule has 0 saturated heterocycles. The fourth-order valence-electron chi connectivity index (χ4n) is 6.16. The summed E-state index contributed by atoms with van der Waals surface area (Å²) < 4.78 is 2.75. The number of hydrogen-bond donors (Lipinski definition) is 4. The Bertz CT molecular complexity index is 1410. The van der Waals surface area contributed by atoms with Gasteiger partial charge < -0.3 is 26.2 Å². The van der Waals surface area contributed by atoms with Crippen molar-refractivity contribution in [3.8, 4) is 0 Å². The molecule has 2 aliphatic carbocycles. The van der Waals surface area contributed by atoms with Crippen LogP contribution in [0.15, 0.2) is 47.3 Å². The predicted molar refractivity (Wildman–Crippen MR) is 130 cm³/mol. The number of halogens is 1. The van der Waals surface area contributed by atoms with Crippen LogP contribution in [0.2, 0.25) is 0 Å². The first kappa shape index (κ1) is 20.8. The van der Waals surface area contributed by atoms with Gasteiger partial charge in [-0.25, -0.2) is 15.0 Å². The zero-order valence-electron chi connectivity index (χ0n) is 18.1. The van der Waals surface area contributed by atoms with Gasteiger partial charge in [0.2, 0.25) is 0 Å². The molecular weight excluding hydrogens is 484 g/mol. The molecule has 0 aliphatic heterocycles. The minimum atomic E-state index is -0.867. The highest BCUT2D eigenvalue weighted by Gasteiger charge is 2.72. The second-order valence-electron chi connectivity index (χ2n) is 9.56. The molecule has 9 heteroatoms. The van der Waals surface area contributed by atoms with E-state index in [1.807, 2.05) is 22.9 Å². The highest BCUT2D eigenvalue weighted by molar-refractivity contribution is 9.10. The summed E-state index contributed by atoms with van der Waals surface area (Å²) in [5, 5.41) is 24.0. The number of nitrogens with zero attached hydrogens (tertiary/aromatic N) is 4. The Morgan fingerprint density at radius 2 is 2.00 bits per heavy atom. The number of anilines is 2. The van der Waals surface area contributed by atoms with E-state index in [-0.39, 0.29) is 23.3 Å². The first-order valence-electron chi connectivity index (χ1n) is 11.1. The van der Waals surface area contributed by atoms with Crippen LogP contribution in [0.25, 0.3) is 21.9 Å². The number of aromatic nitrogens is 4. The molecule has 1 unspecified atom stereocenters. The number of hydrogen-bond acceptors (Lipinski definition) is 7. The lowest BCUT2D eigenvalue weighted by molar-refractivity contribution is -0.0299. The molecule has 3 heterocycles. The Hall–Kier alpha value is -2.75. The van der Waals surface area contributed by atoms with Gasteiger partial charge in [-0.2, -0.15) is 0 Å². The van der Waals surface area contributed by atoms with Gasteiger partial charge in [-0.15, -0.1) is 0 Å². The van der Waals surface area contributed by atoms with E-state index in [2.05, 4.69) is 56.0 Å². The van der Waals surface area contributed by atoms with Gasteiger partial charge in [0.1, 0.15) is 29.7 Å². The van der Waals surface area contributed by atoms with E-state index in [1.54, 1.807) is 0 Å². The fraction of sp³-hybridized carbons (Fsp3) is 0.375. The van der Waals surface area contributed by atoms with Gasteiger partial charge in [0, 0.05) is 17.0 Å². The Labute approximate surface area is 198 Å². The van der Waals surface area contributed by atoms with Gasteiger partial charge in [-0.1, -0.05) is 19.1 Å². The van der Waals surface area contributed by atoms with Crippen LogP contribution < -0.4 is 11.5 Å². The number of pyridine rings is 1. The fourth-order valence-corrected chi connectivity index (χ4v) is 6.50. The molecule has 0 amide bonds. The van der Waals surface area contributed by atoms with Crippen molar-refractivity contribution in [1.29, 1.82) is 0 Å². The first-order valence-corrected chi connectivity index (χ1v) is 11.9. The number of aliphatic hydroxyl groups excluding tert-OH is 2. The van der Waals surface area contributed by atoms with E-state index >= 15 is 0 Å². The molecule has 0 bridgehead atoms. The summed E-state index contributed by atoms with van der Waals surface area (Å²) >= 11 is 3.43. The highest BCUT2D eigenvalue weighted by atomic mass is 79.9. The molecule has 6 rings (SSSR count). The van der Waals surface area contributed by atoms with Crippen LogP contribution in [0, 0.1) is 17.3 Å². The van der Waals surface area contributed by atoms with Crippen LogP contribution in [0.3, 0.4) is 0 Å². The molecule has 170 valence electrons. The molecule has 4 aromatic rings. The summed E-state index contributed by atoms with van der Waals surface area (Å²) in [5.74, 6) is 1.22. The molecule has 0 spiro atoms. The molecule has 3 aromatic heterocycles. The van der Waals surface area contributed by atoms with Gasteiger partial charge in [-0.05, 0) is 64.4 Å². The van der Waals surface area contributed by atoms with E-state index in [1.165, 1.54) is 6.33 Å². The van der Waals surface area contributed by atoms with Crippen molar-refractivity contribution in [1.82, 2.24) is 19.5 Å². The summed E-state index contributed by atoms with van der Waals surface area (Å²) in [5.41, 5.74) is 14.3. The maximum Gasteiger partial charge on any atom is 0.145 e. The van der Waals surface area contributed by atoms with Crippen molar-refractivity contribution in [2.24, 2.45) is 17.3 Å². The van der Waals surface area contributed by atoms with E-state index in [0.717, 1.165) is 39.2 Å². The van der Waals surface area contributed by atoms with E-state index in [9.17, 15) is 10.2 Å². The molecule has 2 fully saturated rings. The summed E-state index contributed by atoms with van der Waals surface area (Å²) in [6.07, 6.45) is 3.31. The van der Waals surface area contributed by atoms with Crippen LogP contribution in [-0.2, 0) is 6.42 Å². The minimum absolute atomic E-state index is 0.162. The summed E-state index contributed by atoms with van der Waals surface area (Å²) in [4.78, 5) is 12.9. The third kappa shape index (κ3) is 2.92. The van der Waals surface area contributed by atoms with Gasteiger partial charge in [-0.3, -0.25) is 0 Å². The van der Waals surface area contributed by atoms with E-state index in [0.29, 0.717) is 17.3 Å². The molecule has 8 nitrogen and oxygen atoms in total. The SMILES string of the molecule is CC(Cc1ccc2cc(Br)c(N)nc2c1)[C@@]12C[C@@H]1[C@@H](n1ccc3c(N)ncnc31)[C@H](O)[C@@H]2O. The van der Waals surface area contributed by atoms with Crippen LogP contribution in [0.4, 0.5) is 11.6 Å². The van der Waals surface area contributed by atoms with E-state index in [4.69, 9.17) is 11.5 Å². The lowest BCUT2D eigenvalue weighted by Crippen LogP contribution is -2.37. The Balaban J connectivity index is 1.30. The molecule has 33 heavy (non-hydrogen) atoms. The van der Waals surface area contributed by atoms with Gasteiger partial charge in [0.25, 0.3) is 0 Å². The van der Waals surface area contributed by atoms with Crippen LogP contribution in [0.1, 0.15) is 24.9 Å². The number of rotatable bonds is 4. The standard InChI is InChI=1S/C24H25BrN6O2/c1-11(6-12-2-3-13-8-16(25)22(27)30-17(13)7-12)24-9-15(24)18(19(32)20(24)33)31-5-4-14-21(26)28-10-29-23(14)31/h2-5,7-8,10-11,15,18-20,32-33H,6,9H2,1H3,(H2,27,30)(H2,26,28,29)/t11?,15-,18-,19+,20+,24+/m1/s1. The molecule has 2 aliphatic rings. The third-order valence-electron chi connectivity index (χ3n) is 7.92. The average molecular weight is 509 g/mol. The second-order valence-corrected chi connectivity index (χ2v) is 10.4. The van der Waals surface area contributed by atoms with Crippen molar-refractivity contribution >= 4 is 49.5 Å². The highest BCUT2D eigenvalue weighted by Crippen LogP contribution is 2.71. The van der Waals surface area contributed by atoms with Crippen molar-refractivity contribution in [2.75, 3.05) is 11.5 Å². The van der Waals surface area contributed by atoms with Crippen molar-refractivity contribution in [2.45, 2.75) is 38.0 Å². The summed E-state index contributed by atoms with van der Waals surface area (Å²) in [6.45, 7) is 2.17. The van der Waals surface area contributed by atoms with Crippen molar-refractivity contribution in [3.63, 3.8) is 0 Å². The number of benzene rings is 1. The first-order chi connectivity index (χ1) is 15.8. The monoisotopic (exact) mass is 508 g/mol. The number of nitrogen functional groups attached to an aromatic ring is 2. The smallest absolute Gasteiger partial charge is 0.145 e. The van der Waals surface area contributed by atoms with Gasteiger partial charge in [0.05, 0.1) is 27.5 Å². The molecule has 0 radical (unpaired) electrons. The lowest BCUT2D eigenvalue weighted by Gasteiger charge is -2.28. The molecule has 1 aromatic carbocycles. The largest absolute Gasteiger partial charge is 0.390 e. The molecule has 6 atom stereocenters. The van der Waals surface area contributed by atoms with Crippen LogP contribution in [-0.4, -0.2) is 41.9 Å². The number of aliphatic hydroxyl groups is 2. The predicted octanol–water partition coefficient (Wildman–Crippen LogP) is 3.07. The van der Waals surface area contributed by atoms with Gasteiger partial charge >= 0.3 is 0 Å². The Kier molecular flexibility index (Phi) is 4.50. The lowest BCUT2D eigenvalue weighted by atomic mass is 9.81. The minimum Gasteiger partial charge on any atom is -0.390 e. The number of nitrogens with two attached hydrogens (primary N) is 2. The van der Waals surface area contributed by atoms with Crippen LogP contribution in [0.5, 0.6) is 0 Å². The molecular formula is C24H25BrN6O2. The van der Waals surface area contributed by atoms with Crippen LogP contribution >= 0.6 is 15.9 Å². The Morgan fingerprint density at radius 1 is 1.18 bits per heavy atom. The zero-order valence-corrected chi connectivity index (χ0v) is 19.6. The quantitative estimate of drug-likeness (QED) is 0.332. The summed E-state index contributed by atoms with van der Waals surface area (Å²) in [7, 11) is 0. The zero-order chi connectivity index (χ0) is 23.1. The molecule has 2 saturated carbocycles. The van der Waals surface area contributed by atoms with E-state index < -0.39 is 12.2 Å². The van der Waals surface area contributed by atoms with Crippen molar-refractivity contribution in [3.05, 3.63) is 52.9 Å². The normalized spacial score (nSPS) is 29.5.